The number of aromatic amines is 1. The number of fused-ring (bicyclic) bond motifs is 1. The molecule has 0 radical (unpaired) electrons. The molecule has 1 fully saturated rings. The van der Waals surface area contributed by atoms with Gasteiger partial charge in [0, 0.05) is 14.2 Å². The molecule has 0 aliphatic carbocycles. The van der Waals surface area contributed by atoms with Crippen LogP contribution >= 0.6 is 0 Å². The molecule has 2 aromatic rings. The van der Waals surface area contributed by atoms with Gasteiger partial charge in [0.05, 0.1) is 19.0 Å². The van der Waals surface area contributed by atoms with Gasteiger partial charge in [0.15, 0.2) is 11.2 Å². The van der Waals surface area contributed by atoms with E-state index in [9.17, 15) is 4.79 Å². The minimum atomic E-state index is -0.340. The van der Waals surface area contributed by atoms with Gasteiger partial charge in [-0.25, -0.2) is 4.98 Å². The zero-order valence-electron chi connectivity index (χ0n) is 16.7. The lowest BCUT2D eigenvalue weighted by Crippen LogP contribution is -2.16. The van der Waals surface area contributed by atoms with Crippen molar-refractivity contribution in [1.29, 1.82) is 0 Å². The fourth-order valence-corrected chi connectivity index (χ4v) is 2.35. The van der Waals surface area contributed by atoms with Crippen LogP contribution in [0.15, 0.2) is 11.1 Å². The third-order valence-electron chi connectivity index (χ3n) is 3.20. The van der Waals surface area contributed by atoms with E-state index in [4.69, 9.17) is 20.3 Å². The highest BCUT2D eigenvalue weighted by molar-refractivity contribution is 5.70. The number of H-pyrrole nitrogens is 1. The summed E-state index contributed by atoms with van der Waals surface area (Å²) in [5, 5.41) is 7.00. The van der Waals surface area contributed by atoms with E-state index in [2.05, 4.69) is 28.8 Å². The summed E-state index contributed by atoms with van der Waals surface area (Å²) in [7, 11) is 2.64. The van der Waals surface area contributed by atoms with Gasteiger partial charge in [0.2, 0.25) is 5.95 Å². The van der Waals surface area contributed by atoms with Crippen LogP contribution in [0.2, 0.25) is 0 Å². The van der Waals surface area contributed by atoms with E-state index in [-0.39, 0.29) is 29.4 Å². The average molecular weight is 371 g/mol. The second-order valence-corrected chi connectivity index (χ2v) is 5.23. The van der Waals surface area contributed by atoms with Crippen molar-refractivity contribution in [1.82, 2.24) is 19.5 Å². The van der Waals surface area contributed by atoms with Crippen LogP contribution in [0.1, 0.15) is 53.2 Å². The molecule has 1 aliphatic rings. The number of imidazole rings is 1. The zero-order valence-corrected chi connectivity index (χ0v) is 16.7. The molecule has 0 aromatic carbocycles. The number of nitrogens with two attached hydrogens (primary N) is 1. The highest BCUT2D eigenvalue weighted by atomic mass is 16.5. The minimum Gasteiger partial charge on any atom is -0.400 e. The van der Waals surface area contributed by atoms with Gasteiger partial charge >= 0.3 is 0 Å². The molecule has 1 saturated heterocycles. The van der Waals surface area contributed by atoms with E-state index in [0.29, 0.717) is 12.3 Å². The molecule has 2 atom stereocenters. The monoisotopic (exact) mass is 371 g/mol. The highest BCUT2D eigenvalue weighted by Crippen LogP contribution is 2.29. The first-order valence-electron chi connectivity index (χ1n) is 8.92. The molecule has 0 saturated carbocycles. The number of hydrogen-bond donors (Lipinski definition) is 3. The first kappa shape index (κ1) is 24.0. The van der Waals surface area contributed by atoms with Crippen LogP contribution in [0.25, 0.3) is 11.2 Å². The highest BCUT2D eigenvalue weighted by Gasteiger charge is 2.28. The first-order valence-corrected chi connectivity index (χ1v) is 8.92. The van der Waals surface area contributed by atoms with Crippen molar-refractivity contribution < 1.29 is 14.6 Å². The van der Waals surface area contributed by atoms with Crippen LogP contribution in [0, 0.1) is 0 Å². The summed E-state index contributed by atoms with van der Waals surface area (Å²) in [5.74, 6) is 0.0747. The van der Waals surface area contributed by atoms with Crippen molar-refractivity contribution in [3.05, 3.63) is 16.7 Å². The lowest BCUT2D eigenvalue weighted by Gasteiger charge is -2.14. The Labute approximate surface area is 154 Å². The van der Waals surface area contributed by atoms with Gasteiger partial charge in [-0.05, 0) is 12.8 Å². The van der Waals surface area contributed by atoms with E-state index >= 15 is 0 Å². The molecular formula is C17H33N5O4. The lowest BCUT2D eigenvalue weighted by atomic mass is 10.2. The van der Waals surface area contributed by atoms with Gasteiger partial charge in [-0.2, -0.15) is 4.98 Å². The van der Waals surface area contributed by atoms with Crippen molar-refractivity contribution in [2.45, 2.75) is 59.3 Å². The summed E-state index contributed by atoms with van der Waals surface area (Å²) >= 11 is 0. The molecular weight excluding hydrogens is 338 g/mol. The molecule has 26 heavy (non-hydrogen) atoms. The minimum absolute atomic E-state index is 0.0618. The fraction of sp³-hybridized carbons (Fsp3) is 0.706. The van der Waals surface area contributed by atoms with Crippen molar-refractivity contribution in [3.63, 3.8) is 0 Å². The predicted octanol–water partition coefficient (Wildman–Crippen LogP) is 2.08. The normalized spacial score (nSPS) is 18.1. The Hall–Kier alpha value is -1.97. The number of methoxy groups -OCH3 is 1. The van der Waals surface area contributed by atoms with Gasteiger partial charge in [-0.1, -0.05) is 34.1 Å². The molecule has 2 unspecified atom stereocenters. The molecule has 2 aromatic heterocycles. The van der Waals surface area contributed by atoms with E-state index in [1.54, 1.807) is 18.0 Å². The Morgan fingerprint density at radius 1 is 1.38 bits per heavy atom. The molecule has 1 aliphatic heterocycles. The van der Waals surface area contributed by atoms with Crippen LogP contribution in [0.5, 0.6) is 0 Å². The first-order chi connectivity index (χ1) is 12.6. The number of aliphatic hydroxyl groups is 1. The topological polar surface area (TPSA) is 128 Å². The second-order valence-electron chi connectivity index (χ2n) is 5.23. The summed E-state index contributed by atoms with van der Waals surface area (Å²) < 4.78 is 12.7. The maximum atomic E-state index is 11.7. The predicted molar refractivity (Wildman–Crippen MR) is 103 cm³/mol. The summed E-state index contributed by atoms with van der Waals surface area (Å²) in [5.41, 5.74) is 5.94. The van der Waals surface area contributed by atoms with E-state index in [0.717, 1.165) is 20.0 Å². The van der Waals surface area contributed by atoms with Crippen LogP contribution in [0.3, 0.4) is 0 Å². The summed E-state index contributed by atoms with van der Waals surface area (Å²) in [6.07, 6.45) is 4.42. The van der Waals surface area contributed by atoms with Gasteiger partial charge in [0.1, 0.15) is 6.23 Å². The molecule has 4 N–H and O–H groups in total. The third-order valence-corrected chi connectivity index (χ3v) is 3.20. The quantitative estimate of drug-likeness (QED) is 0.753. The van der Waals surface area contributed by atoms with E-state index in [1.807, 2.05) is 13.8 Å². The summed E-state index contributed by atoms with van der Waals surface area (Å²) in [4.78, 5) is 22.3. The third kappa shape index (κ3) is 6.40. The molecule has 0 bridgehead atoms. The Morgan fingerprint density at radius 3 is 2.58 bits per heavy atom. The SMILES string of the molecule is CC.CCC.CO.COCC1CCC(n2cnc3c(=O)[nH]c(N)nc32)O1. The van der Waals surface area contributed by atoms with Gasteiger partial charge < -0.3 is 20.3 Å². The fourth-order valence-electron chi connectivity index (χ4n) is 2.35. The number of rotatable bonds is 3. The maximum absolute atomic E-state index is 11.7. The molecule has 9 nitrogen and oxygen atoms in total. The van der Waals surface area contributed by atoms with Crippen molar-refractivity contribution in [3.8, 4) is 0 Å². The molecule has 3 rings (SSSR count). The van der Waals surface area contributed by atoms with E-state index in [1.165, 1.54) is 6.42 Å². The van der Waals surface area contributed by atoms with Crippen LogP contribution < -0.4 is 11.3 Å². The van der Waals surface area contributed by atoms with Gasteiger partial charge in [-0.3, -0.25) is 14.3 Å². The smallest absolute Gasteiger partial charge is 0.280 e. The number of ether oxygens (including phenoxy) is 2. The van der Waals surface area contributed by atoms with E-state index < -0.39 is 0 Å². The number of aliphatic hydroxyl groups excluding tert-OH is 1. The van der Waals surface area contributed by atoms with Crippen molar-refractivity contribution in [2.24, 2.45) is 0 Å². The second kappa shape index (κ2) is 13.3. The molecule has 0 amide bonds. The Morgan fingerprint density at radius 2 is 2.00 bits per heavy atom. The standard InChI is InChI=1S/C11H15N5O3.C3H8.C2H6.CH4O/c1-18-4-6-2-3-7(19-6)16-5-13-8-9(16)14-11(12)15-10(8)17;1-3-2;2*1-2/h5-7H,2-4H2,1H3,(H3,12,14,15,17);3H2,1-2H3;1-2H3;2H,1H3. The number of anilines is 1. The Kier molecular flexibility index (Phi) is 12.3. The van der Waals surface area contributed by atoms with Crippen LogP contribution in [0.4, 0.5) is 5.95 Å². The molecule has 3 heterocycles. The number of nitrogen functional groups attached to an aromatic ring is 1. The number of nitrogens with one attached hydrogen (secondary N) is 1. The van der Waals surface area contributed by atoms with Crippen LogP contribution in [-0.4, -0.2) is 51.6 Å². The molecule has 9 heteroatoms. The Bertz CT molecular complexity index is 671. The largest absolute Gasteiger partial charge is 0.400 e. The summed E-state index contributed by atoms with van der Waals surface area (Å²) in [6, 6.07) is 0. The summed E-state index contributed by atoms with van der Waals surface area (Å²) in [6.45, 7) is 8.80. The van der Waals surface area contributed by atoms with Crippen molar-refractivity contribution in [2.75, 3.05) is 26.6 Å². The van der Waals surface area contributed by atoms with Gasteiger partial charge in [-0.15, -0.1) is 0 Å². The molecule has 150 valence electrons. The number of aromatic nitrogens is 4. The molecule has 0 spiro atoms. The average Bonchev–Trinajstić information content (AvgIpc) is 3.26. The Balaban J connectivity index is 0.000000793. The number of hydrogen-bond acceptors (Lipinski definition) is 7. The lowest BCUT2D eigenvalue weighted by molar-refractivity contribution is -0.0300. The van der Waals surface area contributed by atoms with Gasteiger partial charge in [0.25, 0.3) is 5.56 Å². The maximum Gasteiger partial charge on any atom is 0.280 e. The zero-order chi connectivity index (χ0) is 20.1. The van der Waals surface area contributed by atoms with Crippen LogP contribution in [-0.2, 0) is 9.47 Å². The van der Waals surface area contributed by atoms with Crippen molar-refractivity contribution >= 4 is 17.1 Å². The number of nitrogens with zero attached hydrogens (tertiary/aromatic N) is 3.